The third-order valence-electron chi connectivity index (χ3n) is 1.96. The lowest BCUT2D eigenvalue weighted by Gasteiger charge is -2.06. The van der Waals surface area contributed by atoms with Crippen molar-refractivity contribution >= 4 is 17.6 Å². The zero-order valence-corrected chi connectivity index (χ0v) is 10.1. The second kappa shape index (κ2) is 5.81. The van der Waals surface area contributed by atoms with Gasteiger partial charge < -0.3 is 5.73 Å². The lowest BCUT2D eigenvalue weighted by Crippen LogP contribution is -2.10. The predicted molar refractivity (Wildman–Crippen MR) is 68.5 cm³/mol. The topological polar surface area (TPSA) is 49.9 Å². The van der Waals surface area contributed by atoms with E-state index in [1.165, 1.54) is 11.3 Å². The van der Waals surface area contributed by atoms with Crippen LogP contribution in [0.5, 0.6) is 0 Å². The Morgan fingerprint density at radius 3 is 2.80 bits per heavy atom. The predicted octanol–water partition coefficient (Wildman–Crippen LogP) is 2.86. The molecular weight excluding hydrogens is 204 g/mol. The molecule has 0 atom stereocenters. The van der Waals surface area contributed by atoms with Crippen molar-refractivity contribution in [2.75, 3.05) is 5.75 Å². The monoisotopic (exact) mass is 222 g/mol. The molecule has 82 valence electrons. The third kappa shape index (κ3) is 4.38. The van der Waals surface area contributed by atoms with Crippen molar-refractivity contribution in [2.24, 2.45) is 11.7 Å². The quantitative estimate of drug-likeness (QED) is 0.594. The first-order valence-electron chi connectivity index (χ1n) is 5.10. The molecule has 0 unspecified atom stereocenters. The minimum absolute atomic E-state index is 0.144. The average molecular weight is 222 g/mol. The fraction of sp³-hybridized carbons (Fsp3) is 0.417. The molecule has 3 heteroatoms. The molecule has 0 bridgehead atoms. The van der Waals surface area contributed by atoms with Gasteiger partial charge in [-0.1, -0.05) is 32.0 Å². The molecule has 0 aliphatic rings. The van der Waals surface area contributed by atoms with Gasteiger partial charge in [0.2, 0.25) is 0 Å². The summed E-state index contributed by atoms with van der Waals surface area (Å²) in [5, 5.41) is 7.35. The van der Waals surface area contributed by atoms with Crippen molar-refractivity contribution < 1.29 is 0 Å². The summed E-state index contributed by atoms with van der Waals surface area (Å²) >= 11 is 1.92. The molecule has 0 radical (unpaired) electrons. The Kier molecular flexibility index (Phi) is 4.69. The lowest BCUT2D eigenvalue weighted by atomic mass is 10.1. The second-order valence-electron chi connectivity index (χ2n) is 4.02. The highest BCUT2D eigenvalue weighted by molar-refractivity contribution is 7.98. The maximum absolute atomic E-state index is 7.35. The van der Waals surface area contributed by atoms with Gasteiger partial charge >= 0.3 is 0 Å². The van der Waals surface area contributed by atoms with E-state index < -0.39 is 0 Å². The molecule has 2 nitrogen and oxygen atoms in total. The Bertz CT molecular complexity index is 334. The molecule has 0 aromatic heterocycles. The van der Waals surface area contributed by atoms with Crippen LogP contribution in [-0.2, 0) is 5.75 Å². The van der Waals surface area contributed by atoms with Gasteiger partial charge in [-0.2, -0.15) is 11.8 Å². The summed E-state index contributed by atoms with van der Waals surface area (Å²) in [6.07, 6.45) is 0. The summed E-state index contributed by atoms with van der Waals surface area (Å²) in [7, 11) is 0. The largest absolute Gasteiger partial charge is 0.384 e. The molecule has 0 aliphatic heterocycles. The number of rotatable bonds is 5. The van der Waals surface area contributed by atoms with Gasteiger partial charge in [0.1, 0.15) is 5.84 Å². The Hall–Kier alpha value is -0.960. The molecule has 0 saturated heterocycles. The molecule has 0 saturated carbocycles. The van der Waals surface area contributed by atoms with E-state index in [0.29, 0.717) is 0 Å². The van der Waals surface area contributed by atoms with Gasteiger partial charge in [-0.05, 0) is 23.3 Å². The number of amidine groups is 1. The van der Waals surface area contributed by atoms with E-state index in [9.17, 15) is 0 Å². The number of hydrogen-bond acceptors (Lipinski definition) is 2. The van der Waals surface area contributed by atoms with E-state index >= 15 is 0 Å². The van der Waals surface area contributed by atoms with E-state index in [2.05, 4.69) is 19.9 Å². The summed E-state index contributed by atoms with van der Waals surface area (Å²) < 4.78 is 0. The standard InChI is InChI=1S/C12H18N2S/c1-9(2)7-15-8-10-4-3-5-11(6-10)12(13)14/h3-6,9H,7-8H2,1-2H3,(H3,13,14). The van der Waals surface area contributed by atoms with Crippen LogP contribution in [-0.4, -0.2) is 11.6 Å². The van der Waals surface area contributed by atoms with Crippen LogP contribution >= 0.6 is 11.8 Å². The Morgan fingerprint density at radius 1 is 1.47 bits per heavy atom. The zero-order chi connectivity index (χ0) is 11.3. The van der Waals surface area contributed by atoms with Gasteiger partial charge in [0, 0.05) is 11.3 Å². The highest BCUT2D eigenvalue weighted by Crippen LogP contribution is 2.16. The summed E-state index contributed by atoms with van der Waals surface area (Å²) in [4.78, 5) is 0. The molecule has 1 aromatic carbocycles. The van der Waals surface area contributed by atoms with Crippen molar-refractivity contribution in [1.29, 1.82) is 5.41 Å². The molecular formula is C12H18N2S. The van der Waals surface area contributed by atoms with E-state index in [4.69, 9.17) is 11.1 Å². The van der Waals surface area contributed by atoms with Gasteiger partial charge in [0.15, 0.2) is 0 Å². The van der Waals surface area contributed by atoms with E-state index in [0.717, 1.165) is 17.2 Å². The van der Waals surface area contributed by atoms with Gasteiger partial charge in [-0.25, -0.2) is 0 Å². The lowest BCUT2D eigenvalue weighted by molar-refractivity contribution is 0.750. The minimum Gasteiger partial charge on any atom is -0.384 e. The first-order valence-corrected chi connectivity index (χ1v) is 6.26. The molecule has 15 heavy (non-hydrogen) atoms. The molecule has 0 amide bonds. The first-order chi connectivity index (χ1) is 7.09. The highest BCUT2D eigenvalue weighted by Gasteiger charge is 1.99. The van der Waals surface area contributed by atoms with Crippen molar-refractivity contribution in [3.63, 3.8) is 0 Å². The average Bonchev–Trinajstić information content (AvgIpc) is 2.17. The van der Waals surface area contributed by atoms with Gasteiger partial charge in [-0.15, -0.1) is 0 Å². The van der Waals surface area contributed by atoms with Crippen molar-refractivity contribution in [1.82, 2.24) is 0 Å². The molecule has 0 spiro atoms. The Balaban J connectivity index is 2.54. The van der Waals surface area contributed by atoms with E-state index in [1.54, 1.807) is 0 Å². The zero-order valence-electron chi connectivity index (χ0n) is 9.29. The first kappa shape index (κ1) is 12.1. The summed E-state index contributed by atoms with van der Waals surface area (Å²) in [5.41, 5.74) is 7.50. The number of nitrogen functional groups attached to an aromatic ring is 1. The molecule has 1 aromatic rings. The van der Waals surface area contributed by atoms with Crippen LogP contribution in [0.4, 0.5) is 0 Å². The molecule has 0 fully saturated rings. The maximum atomic E-state index is 7.35. The van der Waals surface area contributed by atoms with Gasteiger partial charge in [0.25, 0.3) is 0 Å². The van der Waals surface area contributed by atoms with Gasteiger partial charge in [-0.3, -0.25) is 5.41 Å². The molecule has 1 rings (SSSR count). The van der Waals surface area contributed by atoms with Crippen LogP contribution in [0.3, 0.4) is 0 Å². The smallest absolute Gasteiger partial charge is 0.122 e. The molecule has 0 heterocycles. The van der Waals surface area contributed by atoms with Crippen LogP contribution in [0.25, 0.3) is 0 Å². The maximum Gasteiger partial charge on any atom is 0.122 e. The van der Waals surface area contributed by atoms with Crippen LogP contribution in [0, 0.1) is 11.3 Å². The normalized spacial score (nSPS) is 10.6. The fourth-order valence-electron chi connectivity index (χ4n) is 1.24. The third-order valence-corrected chi connectivity index (χ3v) is 3.40. The van der Waals surface area contributed by atoms with E-state index in [-0.39, 0.29) is 5.84 Å². The van der Waals surface area contributed by atoms with Crippen molar-refractivity contribution in [3.8, 4) is 0 Å². The minimum atomic E-state index is 0.144. The van der Waals surface area contributed by atoms with Crippen LogP contribution < -0.4 is 5.73 Å². The number of hydrogen-bond donors (Lipinski definition) is 2. The second-order valence-corrected chi connectivity index (χ2v) is 5.05. The number of thioether (sulfide) groups is 1. The number of benzene rings is 1. The highest BCUT2D eigenvalue weighted by atomic mass is 32.2. The SMILES string of the molecule is CC(C)CSCc1cccc(C(=N)N)c1. The summed E-state index contributed by atoms with van der Waals surface area (Å²) in [6.45, 7) is 4.44. The van der Waals surface area contributed by atoms with Crippen LogP contribution in [0.2, 0.25) is 0 Å². The van der Waals surface area contributed by atoms with Crippen LogP contribution in [0.1, 0.15) is 25.0 Å². The molecule has 3 N–H and O–H groups in total. The Morgan fingerprint density at radius 2 is 2.20 bits per heavy atom. The number of nitrogens with two attached hydrogens (primary N) is 1. The van der Waals surface area contributed by atoms with E-state index in [1.807, 2.05) is 30.0 Å². The summed E-state index contributed by atoms with van der Waals surface area (Å²) in [6, 6.07) is 7.91. The fourth-order valence-corrected chi connectivity index (χ4v) is 2.25. The number of nitrogens with one attached hydrogen (secondary N) is 1. The van der Waals surface area contributed by atoms with Gasteiger partial charge in [0.05, 0.1) is 0 Å². The van der Waals surface area contributed by atoms with Crippen LogP contribution in [0.15, 0.2) is 24.3 Å². The van der Waals surface area contributed by atoms with Crippen molar-refractivity contribution in [3.05, 3.63) is 35.4 Å². The summed E-state index contributed by atoms with van der Waals surface area (Å²) in [5.74, 6) is 3.04. The van der Waals surface area contributed by atoms with Crippen molar-refractivity contribution in [2.45, 2.75) is 19.6 Å². The molecule has 0 aliphatic carbocycles. The Labute approximate surface area is 95.8 Å².